The average Bonchev–Trinajstić information content (AvgIpc) is 2.17. The first kappa shape index (κ1) is 12.0. The number of benzene rings is 1. The summed E-state index contributed by atoms with van der Waals surface area (Å²) in [5.74, 6) is -0.168. The molecule has 0 saturated carbocycles. The number of aliphatic hydroxyl groups excluding tert-OH is 1. The lowest BCUT2D eigenvalue weighted by molar-refractivity contribution is 0.0945. The highest BCUT2D eigenvalue weighted by atomic mass is 35.5. The van der Waals surface area contributed by atoms with Crippen LogP contribution in [0.25, 0.3) is 0 Å². The summed E-state index contributed by atoms with van der Waals surface area (Å²) in [6.07, 6.45) is 0.149. The molecule has 82 valence electrons. The number of carbonyl (C=O) groups is 1. The van der Waals surface area contributed by atoms with Crippen molar-refractivity contribution in [2.75, 3.05) is 6.54 Å². The van der Waals surface area contributed by atoms with Crippen molar-refractivity contribution in [1.82, 2.24) is 5.32 Å². The lowest BCUT2D eigenvalue weighted by Crippen LogP contribution is -2.26. The zero-order chi connectivity index (χ0) is 11.3. The highest BCUT2D eigenvalue weighted by Crippen LogP contribution is 2.10. The molecule has 3 nitrogen and oxygen atoms in total. The van der Waals surface area contributed by atoms with E-state index in [4.69, 9.17) is 16.7 Å². The second-order valence-electron chi connectivity index (χ2n) is 3.40. The van der Waals surface area contributed by atoms with Crippen molar-refractivity contribution in [2.45, 2.75) is 19.4 Å². The molecule has 0 fully saturated rings. The minimum absolute atomic E-state index is 0.168. The van der Waals surface area contributed by atoms with Gasteiger partial charge in [-0.05, 0) is 31.5 Å². The standard InChI is InChI=1S/C11H14ClNO2/c1-8(14)5-6-13-11(15)9-3-2-4-10(12)7-9/h2-4,7-8,14H,5-6H2,1H3,(H,13,15). The van der Waals surface area contributed by atoms with Gasteiger partial charge in [0, 0.05) is 17.1 Å². The van der Waals surface area contributed by atoms with E-state index in [0.717, 1.165) is 0 Å². The van der Waals surface area contributed by atoms with Crippen LogP contribution in [0.5, 0.6) is 0 Å². The van der Waals surface area contributed by atoms with Crippen LogP contribution in [0, 0.1) is 0 Å². The van der Waals surface area contributed by atoms with Crippen LogP contribution in [0.15, 0.2) is 24.3 Å². The van der Waals surface area contributed by atoms with E-state index in [1.165, 1.54) is 0 Å². The van der Waals surface area contributed by atoms with E-state index in [0.29, 0.717) is 23.6 Å². The third-order valence-corrected chi connectivity index (χ3v) is 2.17. The van der Waals surface area contributed by atoms with Crippen molar-refractivity contribution in [3.8, 4) is 0 Å². The molecule has 0 spiro atoms. The van der Waals surface area contributed by atoms with Gasteiger partial charge in [0.05, 0.1) is 6.10 Å². The minimum Gasteiger partial charge on any atom is -0.393 e. The SMILES string of the molecule is CC(O)CCNC(=O)c1cccc(Cl)c1. The van der Waals surface area contributed by atoms with Crippen LogP contribution in [0.2, 0.25) is 5.02 Å². The summed E-state index contributed by atoms with van der Waals surface area (Å²) in [6, 6.07) is 6.75. The third kappa shape index (κ3) is 4.32. The van der Waals surface area contributed by atoms with Gasteiger partial charge < -0.3 is 10.4 Å². The zero-order valence-corrected chi connectivity index (χ0v) is 9.29. The minimum atomic E-state index is -0.398. The topological polar surface area (TPSA) is 49.3 Å². The fraction of sp³-hybridized carbons (Fsp3) is 0.364. The van der Waals surface area contributed by atoms with Crippen LogP contribution in [0.1, 0.15) is 23.7 Å². The van der Waals surface area contributed by atoms with Crippen molar-refractivity contribution >= 4 is 17.5 Å². The molecular weight excluding hydrogens is 214 g/mol. The summed E-state index contributed by atoms with van der Waals surface area (Å²) >= 11 is 5.75. The van der Waals surface area contributed by atoms with Gasteiger partial charge in [0.25, 0.3) is 5.91 Å². The van der Waals surface area contributed by atoms with E-state index < -0.39 is 6.10 Å². The molecule has 0 radical (unpaired) electrons. The van der Waals surface area contributed by atoms with E-state index in [1.54, 1.807) is 31.2 Å². The van der Waals surface area contributed by atoms with Gasteiger partial charge in [0.2, 0.25) is 0 Å². The fourth-order valence-electron chi connectivity index (χ4n) is 1.13. The Morgan fingerprint density at radius 3 is 2.93 bits per heavy atom. The number of halogens is 1. The number of hydrogen-bond acceptors (Lipinski definition) is 2. The quantitative estimate of drug-likeness (QED) is 0.825. The second kappa shape index (κ2) is 5.73. The maximum atomic E-state index is 11.5. The normalized spacial score (nSPS) is 12.2. The Bertz CT molecular complexity index is 339. The third-order valence-electron chi connectivity index (χ3n) is 1.93. The Kier molecular flexibility index (Phi) is 4.59. The Morgan fingerprint density at radius 2 is 2.33 bits per heavy atom. The summed E-state index contributed by atoms with van der Waals surface area (Å²) in [7, 11) is 0. The van der Waals surface area contributed by atoms with E-state index in [9.17, 15) is 4.79 Å². The van der Waals surface area contributed by atoms with Crippen LogP contribution in [0.4, 0.5) is 0 Å². The molecule has 0 saturated heterocycles. The maximum Gasteiger partial charge on any atom is 0.251 e. The molecule has 0 aliphatic heterocycles. The summed E-state index contributed by atoms with van der Waals surface area (Å²) in [5, 5.41) is 12.2. The van der Waals surface area contributed by atoms with Crippen LogP contribution in [0.3, 0.4) is 0 Å². The molecule has 4 heteroatoms. The molecule has 1 atom stereocenters. The molecule has 1 rings (SSSR count). The van der Waals surface area contributed by atoms with Crippen LogP contribution < -0.4 is 5.32 Å². The Hall–Kier alpha value is -1.06. The molecule has 0 bridgehead atoms. The summed E-state index contributed by atoms with van der Waals surface area (Å²) < 4.78 is 0. The van der Waals surface area contributed by atoms with Crippen molar-refractivity contribution < 1.29 is 9.90 Å². The van der Waals surface area contributed by atoms with Crippen molar-refractivity contribution in [3.05, 3.63) is 34.9 Å². The number of hydrogen-bond donors (Lipinski definition) is 2. The van der Waals surface area contributed by atoms with Crippen molar-refractivity contribution in [2.24, 2.45) is 0 Å². The lowest BCUT2D eigenvalue weighted by Gasteiger charge is -2.06. The molecule has 2 N–H and O–H groups in total. The summed E-state index contributed by atoms with van der Waals surface area (Å²) in [4.78, 5) is 11.5. The van der Waals surface area contributed by atoms with Gasteiger partial charge in [-0.25, -0.2) is 0 Å². The highest BCUT2D eigenvalue weighted by molar-refractivity contribution is 6.30. The summed E-state index contributed by atoms with van der Waals surface area (Å²) in [6.45, 7) is 2.15. The molecule has 15 heavy (non-hydrogen) atoms. The van der Waals surface area contributed by atoms with Gasteiger partial charge in [0.1, 0.15) is 0 Å². The van der Waals surface area contributed by atoms with Crippen LogP contribution >= 0.6 is 11.6 Å². The molecule has 1 unspecified atom stereocenters. The Morgan fingerprint density at radius 1 is 1.60 bits per heavy atom. The number of rotatable bonds is 4. The van der Waals surface area contributed by atoms with Gasteiger partial charge in [-0.2, -0.15) is 0 Å². The van der Waals surface area contributed by atoms with Gasteiger partial charge in [0.15, 0.2) is 0 Å². The number of carbonyl (C=O) groups excluding carboxylic acids is 1. The molecule has 0 aliphatic carbocycles. The maximum absolute atomic E-state index is 11.5. The van der Waals surface area contributed by atoms with E-state index in [-0.39, 0.29) is 5.91 Å². The fourth-order valence-corrected chi connectivity index (χ4v) is 1.32. The van der Waals surface area contributed by atoms with E-state index in [2.05, 4.69) is 5.32 Å². The van der Waals surface area contributed by atoms with Crippen LogP contribution in [-0.4, -0.2) is 23.7 Å². The average molecular weight is 228 g/mol. The molecular formula is C11H14ClNO2. The Balaban J connectivity index is 2.47. The van der Waals surface area contributed by atoms with Crippen molar-refractivity contribution in [3.63, 3.8) is 0 Å². The van der Waals surface area contributed by atoms with E-state index in [1.807, 2.05) is 0 Å². The molecule has 0 aliphatic rings. The van der Waals surface area contributed by atoms with Crippen molar-refractivity contribution in [1.29, 1.82) is 0 Å². The first-order valence-corrected chi connectivity index (χ1v) is 5.19. The van der Waals surface area contributed by atoms with Gasteiger partial charge in [-0.1, -0.05) is 17.7 Å². The first-order chi connectivity index (χ1) is 7.09. The Labute approximate surface area is 94.1 Å². The van der Waals surface area contributed by atoms with Gasteiger partial charge >= 0.3 is 0 Å². The predicted molar refractivity (Wildman–Crippen MR) is 60.1 cm³/mol. The number of nitrogens with one attached hydrogen (secondary N) is 1. The zero-order valence-electron chi connectivity index (χ0n) is 8.53. The van der Waals surface area contributed by atoms with Gasteiger partial charge in [-0.3, -0.25) is 4.79 Å². The molecule has 1 amide bonds. The van der Waals surface area contributed by atoms with E-state index >= 15 is 0 Å². The lowest BCUT2D eigenvalue weighted by atomic mass is 10.2. The molecule has 0 aromatic heterocycles. The monoisotopic (exact) mass is 227 g/mol. The van der Waals surface area contributed by atoms with Gasteiger partial charge in [-0.15, -0.1) is 0 Å². The molecule has 0 heterocycles. The predicted octanol–water partition coefficient (Wildman–Crippen LogP) is 1.84. The highest BCUT2D eigenvalue weighted by Gasteiger charge is 2.05. The number of amides is 1. The first-order valence-electron chi connectivity index (χ1n) is 4.81. The smallest absolute Gasteiger partial charge is 0.251 e. The molecule has 1 aromatic rings. The molecule has 1 aromatic carbocycles. The number of aliphatic hydroxyl groups is 1. The van der Waals surface area contributed by atoms with Crippen LogP contribution in [-0.2, 0) is 0 Å². The largest absolute Gasteiger partial charge is 0.393 e. The summed E-state index contributed by atoms with van der Waals surface area (Å²) in [5.41, 5.74) is 0.535. The second-order valence-corrected chi connectivity index (χ2v) is 3.84.